The van der Waals surface area contributed by atoms with Crippen LogP contribution in [-0.4, -0.2) is 0 Å². The van der Waals surface area contributed by atoms with Crippen LogP contribution in [0.2, 0.25) is 4.22 Å². The summed E-state index contributed by atoms with van der Waals surface area (Å²) in [6.45, 7) is 0. The SMILES string of the molecule is [Ti+3][CH]1C=CC=C1. The molecular weight excluding hydrogens is 108 g/mol. The molecule has 6 heavy (non-hydrogen) atoms. The van der Waals surface area contributed by atoms with Crippen LogP contribution >= 0.6 is 0 Å². The Morgan fingerprint density at radius 2 is 1.67 bits per heavy atom. The summed E-state index contributed by atoms with van der Waals surface area (Å²) >= 11 is 2.17. The van der Waals surface area contributed by atoms with E-state index >= 15 is 0 Å². The van der Waals surface area contributed by atoms with Gasteiger partial charge in [-0.1, -0.05) is 0 Å². The van der Waals surface area contributed by atoms with Crippen molar-refractivity contribution >= 4 is 0 Å². The molecule has 0 aromatic heterocycles. The molecule has 0 aromatic rings. The standard InChI is InChI=1S/C5H5.Ti/c1-2-4-5-3-1;/h1-5H;/q;+3. The van der Waals surface area contributed by atoms with Crippen molar-refractivity contribution in [2.45, 2.75) is 4.22 Å². The van der Waals surface area contributed by atoms with Gasteiger partial charge in [0, 0.05) is 0 Å². The maximum absolute atomic E-state index is 2.17. The first-order valence-corrected chi connectivity index (χ1v) is 2.86. The Morgan fingerprint density at radius 3 is 1.83 bits per heavy atom. The Morgan fingerprint density at radius 1 is 1.17 bits per heavy atom. The molecule has 1 rings (SSSR count). The van der Waals surface area contributed by atoms with E-state index in [1.165, 1.54) is 0 Å². The number of rotatable bonds is 0. The van der Waals surface area contributed by atoms with Gasteiger partial charge in [-0.15, -0.1) is 0 Å². The van der Waals surface area contributed by atoms with Crippen LogP contribution in [0.5, 0.6) is 0 Å². The van der Waals surface area contributed by atoms with Crippen LogP contribution in [0.3, 0.4) is 0 Å². The second kappa shape index (κ2) is 1.77. The van der Waals surface area contributed by atoms with Gasteiger partial charge in [-0.05, 0) is 0 Å². The van der Waals surface area contributed by atoms with E-state index in [2.05, 4.69) is 44.7 Å². The van der Waals surface area contributed by atoms with Gasteiger partial charge in [0.25, 0.3) is 0 Å². The molecule has 0 saturated carbocycles. The van der Waals surface area contributed by atoms with E-state index in [0.29, 0.717) is 4.22 Å². The van der Waals surface area contributed by atoms with E-state index in [1.807, 2.05) is 0 Å². The molecule has 0 N–H and O–H groups in total. The van der Waals surface area contributed by atoms with E-state index in [-0.39, 0.29) is 0 Å². The molecule has 1 aliphatic carbocycles. The summed E-state index contributed by atoms with van der Waals surface area (Å²) < 4.78 is 0.685. The molecule has 0 fully saturated rings. The first-order chi connectivity index (χ1) is 2.89. The molecular formula is C5H5Ti+3. The zero-order valence-corrected chi connectivity index (χ0v) is 4.95. The van der Waals surface area contributed by atoms with Crippen molar-refractivity contribution in [1.29, 1.82) is 0 Å². The quantitative estimate of drug-likeness (QED) is 0.417. The van der Waals surface area contributed by atoms with Crippen molar-refractivity contribution in [2.75, 3.05) is 0 Å². The van der Waals surface area contributed by atoms with Crippen LogP contribution in [0.25, 0.3) is 0 Å². The van der Waals surface area contributed by atoms with Crippen LogP contribution in [0, 0.1) is 0 Å². The van der Waals surface area contributed by atoms with Crippen molar-refractivity contribution in [3.63, 3.8) is 0 Å². The van der Waals surface area contributed by atoms with Crippen molar-refractivity contribution in [1.82, 2.24) is 0 Å². The molecule has 1 heteroatoms. The van der Waals surface area contributed by atoms with E-state index in [0.717, 1.165) is 0 Å². The molecule has 0 radical (unpaired) electrons. The Balaban J connectivity index is 2.60. The summed E-state index contributed by atoms with van der Waals surface area (Å²) in [5, 5.41) is 0. The fraction of sp³-hybridized carbons (Fsp3) is 0.200. The molecule has 0 aromatic carbocycles. The molecule has 0 unspecified atom stereocenters. The number of hydrogen-bond donors (Lipinski definition) is 0. The van der Waals surface area contributed by atoms with E-state index in [1.54, 1.807) is 0 Å². The minimum atomic E-state index is 0.685. The van der Waals surface area contributed by atoms with Crippen LogP contribution < -0.4 is 0 Å². The molecule has 0 saturated heterocycles. The third kappa shape index (κ3) is 0.827. The van der Waals surface area contributed by atoms with E-state index < -0.39 is 0 Å². The van der Waals surface area contributed by atoms with Crippen LogP contribution in [0.15, 0.2) is 24.3 Å². The molecule has 0 atom stereocenters. The monoisotopic (exact) mass is 113 g/mol. The number of allylic oxidation sites excluding steroid dienone is 4. The first-order valence-electron chi connectivity index (χ1n) is 1.96. The zero-order chi connectivity index (χ0) is 4.41. The van der Waals surface area contributed by atoms with Crippen molar-refractivity contribution in [3.05, 3.63) is 24.3 Å². The van der Waals surface area contributed by atoms with Gasteiger partial charge in [0.2, 0.25) is 0 Å². The van der Waals surface area contributed by atoms with Crippen molar-refractivity contribution < 1.29 is 20.4 Å². The van der Waals surface area contributed by atoms with Crippen LogP contribution in [0.4, 0.5) is 0 Å². The molecule has 0 spiro atoms. The molecule has 26 valence electrons. The molecule has 0 aliphatic heterocycles. The Kier molecular flexibility index (Phi) is 1.28. The fourth-order valence-electron chi connectivity index (χ4n) is 0.432. The van der Waals surface area contributed by atoms with Gasteiger partial charge in [-0.3, -0.25) is 0 Å². The molecule has 0 heterocycles. The summed E-state index contributed by atoms with van der Waals surface area (Å²) in [5.74, 6) is 0. The van der Waals surface area contributed by atoms with E-state index in [9.17, 15) is 0 Å². The molecule has 0 amide bonds. The van der Waals surface area contributed by atoms with Gasteiger partial charge in [0.1, 0.15) is 0 Å². The molecule has 0 nitrogen and oxygen atoms in total. The van der Waals surface area contributed by atoms with E-state index in [4.69, 9.17) is 0 Å². The molecule has 1 aliphatic rings. The van der Waals surface area contributed by atoms with Gasteiger partial charge < -0.3 is 0 Å². The normalized spacial score (nSPS) is 20.3. The molecule has 0 bridgehead atoms. The Bertz CT molecular complexity index is 80.1. The summed E-state index contributed by atoms with van der Waals surface area (Å²) in [6, 6.07) is 0. The number of hydrogen-bond acceptors (Lipinski definition) is 0. The van der Waals surface area contributed by atoms with Gasteiger partial charge in [-0.2, -0.15) is 0 Å². The summed E-state index contributed by atoms with van der Waals surface area (Å²) in [6.07, 6.45) is 8.48. The van der Waals surface area contributed by atoms with Gasteiger partial charge in [0.05, 0.1) is 0 Å². The van der Waals surface area contributed by atoms with Gasteiger partial charge in [-0.25, -0.2) is 0 Å². The Labute approximate surface area is 49.3 Å². The minimum absolute atomic E-state index is 0.685. The summed E-state index contributed by atoms with van der Waals surface area (Å²) in [4.78, 5) is 0. The van der Waals surface area contributed by atoms with Gasteiger partial charge in [0.15, 0.2) is 0 Å². The third-order valence-corrected chi connectivity index (χ3v) is 1.35. The average Bonchev–Trinajstić information content (AvgIpc) is 1.86. The van der Waals surface area contributed by atoms with Crippen LogP contribution in [0.1, 0.15) is 0 Å². The third-order valence-electron chi connectivity index (χ3n) is 0.748. The topological polar surface area (TPSA) is 0 Å². The summed E-state index contributed by atoms with van der Waals surface area (Å²) in [5.41, 5.74) is 0. The summed E-state index contributed by atoms with van der Waals surface area (Å²) in [7, 11) is 0. The van der Waals surface area contributed by atoms with Crippen molar-refractivity contribution in [3.8, 4) is 0 Å². The van der Waals surface area contributed by atoms with Gasteiger partial charge >= 0.3 is 49.0 Å². The second-order valence-electron chi connectivity index (χ2n) is 1.30. The Hall–Kier alpha value is 0.194. The second-order valence-corrected chi connectivity index (χ2v) is 2.34. The van der Waals surface area contributed by atoms with Crippen molar-refractivity contribution in [2.24, 2.45) is 0 Å². The zero-order valence-electron chi connectivity index (χ0n) is 3.39. The predicted octanol–water partition coefficient (Wildman–Crippen LogP) is 1.45. The predicted molar refractivity (Wildman–Crippen MR) is 22.0 cm³/mol. The average molecular weight is 113 g/mol. The maximum atomic E-state index is 2.17. The van der Waals surface area contributed by atoms with Crippen LogP contribution in [-0.2, 0) is 20.4 Å². The first kappa shape index (κ1) is 4.36. The fourth-order valence-corrected chi connectivity index (χ4v) is 0.779.